The lowest BCUT2D eigenvalue weighted by molar-refractivity contribution is -0.112. The molecule has 0 aromatic heterocycles. The van der Waals surface area contributed by atoms with E-state index in [1.807, 2.05) is 34.2 Å². The van der Waals surface area contributed by atoms with E-state index in [2.05, 4.69) is 18.9 Å². The molecule has 1 amide bonds. The van der Waals surface area contributed by atoms with E-state index >= 15 is 0 Å². The number of benzene rings is 1. The van der Waals surface area contributed by atoms with Crippen LogP contribution in [-0.4, -0.2) is 49.5 Å². The van der Waals surface area contributed by atoms with Crippen LogP contribution in [0.4, 0.5) is 5.69 Å². The predicted molar refractivity (Wildman–Crippen MR) is 87.2 cm³/mol. The monoisotopic (exact) mass is 301 g/mol. The minimum atomic E-state index is 0.0216. The summed E-state index contributed by atoms with van der Waals surface area (Å²) in [6, 6.07) is 7.94. The van der Waals surface area contributed by atoms with Crippen LogP contribution in [0.3, 0.4) is 0 Å². The number of carbonyl (C=O) groups excluding carboxylic acids is 1. The van der Waals surface area contributed by atoms with Crippen molar-refractivity contribution in [1.29, 1.82) is 0 Å². The molecule has 1 aromatic rings. The highest BCUT2D eigenvalue weighted by atomic mass is 16.5. The Morgan fingerprint density at radius 3 is 2.68 bits per heavy atom. The van der Waals surface area contributed by atoms with E-state index < -0.39 is 0 Å². The molecule has 0 unspecified atom stereocenters. The third-order valence-electron chi connectivity index (χ3n) is 4.06. The zero-order chi connectivity index (χ0) is 15.5. The molecule has 1 aromatic carbocycles. The first-order chi connectivity index (χ1) is 10.7. The van der Waals surface area contributed by atoms with Crippen LogP contribution in [0.25, 0.3) is 0 Å². The summed E-state index contributed by atoms with van der Waals surface area (Å²) in [4.78, 5) is 14.7. The summed E-state index contributed by atoms with van der Waals surface area (Å²) in [6.07, 6.45) is 0.991. The minimum absolute atomic E-state index is 0.0216. The summed E-state index contributed by atoms with van der Waals surface area (Å²) in [7, 11) is 0. The quantitative estimate of drug-likeness (QED) is 0.855. The second-order valence-electron chi connectivity index (χ2n) is 6.17. The first-order valence-electron chi connectivity index (χ1n) is 7.99. The Morgan fingerprint density at radius 2 is 1.95 bits per heavy atom. The van der Waals surface area contributed by atoms with Gasteiger partial charge >= 0.3 is 0 Å². The Balaban J connectivity index is 1.88. The fraction of sp³-hybridized carbons (Fsp3) is 0.529. The second kappa shape index (κ2) is 6.48. The molecule has 0 atom stereocenters. The van der Waals surface area contributed by atoms with E-state index in [0.717, 1.165) is 37.3 Å². The van der Waals surface area contributed by atoms with Crippen LogP contribution in [0.2, 0.25) is 0 Å². The van der Waals surface area contributed by atoms with Gasteiger partial charge in [0.1, 0.15) is 0 Å². The maximum absolute atomic E-state index is 12.8. The summed E-state index contributed by atoms with van der Waals surface area (Å²) in [6.45, 7) is 7.92. The van der Waals surface area contributed by atoms with Gasteiger partial charge in [-0.3, -0.25) is 9.80 Å². The lowest BCUT2D eigenvalue weighted by Crippen LogP contribution is -2.36. The summed E-state index contributed by atoms with van der Waals surface area (Å²) < 4.78 is 5.34. The second-order valence-corrected chi connectivity index (χ2v) is 6.17. The lowest BCUT2D eigenvalue weighted by Gasteiger charge is -2.24. The average Bonchev–Trinajstić information content (AvgIpc) is 2.79. The van der Waals surface area contributed by atoms with E-state index in [1.165, 1.54) is 0 Å². The van der Waals surface area contributed by atoms with Crippen LogP contribution >= 0.6 is 0 Å². The molecule has 0 spiro atoms. The van der Waals surface area contributed by atoms with E-state index in [0.29, 0.717) is 24.8 Å². The highest BCUT2D eigenvalue weighted by Crippen LogP contribution is 2.30. The molecule has 2 aliphatic heterocycles. The maximum Gasteiger partial charge on any atom is 0.279 e. The molecule has 5 heteroatoms. The normalized spacial score (nSPS) is 20.1. The van der Waals surface area contributed by atoms with Crippen LogP contribution in [-0.2, 0) is 9.53 Å². The lowest BCUT2D eigenvalue weighted by atomic mass is 10.1. The smallest absolute Gasteiger partial charge is 0.279 e. The zero-order valence-electron chi connectivity index (χ0n) is 13.3. The highest BCUT2D eigenvalue weighted by Gasteiger charge is 2.34. The summed E-state index contributed by atoms with van der Waals surface area (Å²) in [5, 5.41) is 6.56. The average molecular weight is 301 g/mol. The molecule has 0 saturated carbocycles. The number of hydrogen-bond acceptors (Lipinski definition) is 4. The van der Waals surface area contributed by atoms with Crippen LogP contribution < -0.4 is 4.90 Å². The van der Waals surface area contributed by atoms with Gasteiger partial charge in [0.05, 0.1) is 32.0 Å². The van der Waals surface area contributed by atoms with Crippen LogP contribution in [0, 0.1) is 5.92 Å². The number of amides is 1. The fourth-order valence-corrected chi connectivity index (χ4v) is 2.76. The molecule has 118 valence electrons. The molecule has 0 bridgehead atoms. The topological polar surface area (TPSA) is 45.1 Å². The van der Waals surface area contributed by atoms with E-state index in [-0.39, 0.29) is 5.91 Å². The number of hydrazone groups is 1. The predicted octanol–water partition coefficient (Wildman–Crippen LogP) is 2.12. The van der Waals surface area contributed by atoms with Gasteiger partial charge in [0, 0.05) is 12.1 Å². The molecule has 2 aliphatic rings. The fourth-order valence-electron chi connectivity index (χ4n) is 2.76. The van der Waals surface area contributed by atoms with Gasteiger partial charge in [0.2, 0.25) is 0 Å². The number of rotatable bonds is 4. The number of morpholine rings is 1. The molecule has 3 rings (SSSR count). The molecule has 22 heavy (non-hydrogen) atoms. The maximum atomic E-state index is 12.8. The van der Waals surface area contributed by atoms with E-state index in [9.17, 15) is 4.79 Å². The van der Waals surface area contributed by atoms with Gasteiger partial charge in [-0.15, -0.1) is 0 Å². The van der Waals surface area contributed by atoms with Crippen molar-refractivity contribution in [3.8, 4) is 0 Å². The minimum Gasteiger partial charge on any atom is -0.378 e. The van der Waals surface area contributed by atoms with Crippen molar-refractivity contribution in [2.24, 2.45) is 11.0 Å². The van der Waals surface area contributed by atoms with Gasteiger partial charge in [0.15, 0.2) is 5.71 Å². The molecule has 5 nitrogen and oxygen atoms in total. The molecular weight excluding hydrogens is 278 g/mol. The third-order valence-corrected chi connectivity index (χ3v) is 4.06. The van der Waals surface area contributed by atoms with Crippen molar-refractivity contribution in [2.75, 3.05) is 37.7 Å². The van der Waals surface area contributed by atoms with Crippen molar-refractivity contribution < 1.29 is 9.53 Å². The highest BCUT2D eigenvalue weighted by molar-refractivity contribution is 6.54. The number of hydrogen-bond donors (Lipinski definition) is 0. The Bertz CT molecular complexity index is 577. The van der Waals surface area contributed by atoms with E-state index in [1.54, 1.807) is 0 Å². The Labute approximate surface area is 131 Å². The van der Waals surface area contributed by atoms with Crippen LogP contribution in [0.15, 0.2) is 29.4 Å². The number of para-hydroxylation sites is 1. The van der Waals surface area contributed by atoms with Crippen molar-refractivity contribution in [1.82, 2.24) is 5.01 Å². The number of nitrogens with zero attached hydrogens (tertiary/aromatic N) is 3. The molecule has 1 saturated heterocycles. The van der Waals surface area contributed by atoms with Crippen molar-refractivity contribution in [3.05, 3.63) is 29.8 Å². The first kappa shape index (κ1) is 15.0. The Hall–Kier alpha value is -1.88. The first-order valence-corrected chi connectivity index (χ1v) is 7.99. The zero-order valence-corrected chi connectivity index (χ0v) is 13.3. The summed E-state index contributed by atoms with van der Waals surface area (Å²) >= 11 is 0. The molecular formula is C17H23N3O2. The Morgan fingerprint density at radius 1 is 1.23 bits per heavy atom. The SMILES string of the molecule is CC(C)CCN1C(=O)C(=NN2CCOCC2)c2ccccc21. The van der Waals surface area contributed by atoms with Gasteiger partial charge in [-0.25, -0.2) is 0 Å². The molecule has 2 heterocycles. The standard InChI is InChI=1S/C17H23N3O2/c1-13(2)7-8-20-15-6-4-3-5-14(15)16(17(20)21)18-19-9-11-22-12-10-19/h3-6,13H,7-12H2,1-2H3. The third kappa shape index (κ3) is 2.99. The Kier molecular flexibility index (Phi) is 4.43. The summed E-state index contributed by atoms with van der Waals surface area (Å²) in [5.74, 6) is 0.591. The number of anilines is 1. The van der Waals surface area contributed by atoms with Gasteiger partial charge in [0.25, 0.3) is 5.91 Å². The molecule has 0 radical (unpaired) electrons. The van der Waals surface area contributed by atoms with Crippen molar-refractivity contribution in [3.63, 3.8) is 0 Å². The van der Waals surface area contributed by atoms with Crippen LogP contribution in [0.5, 0.6) is 0 Å². The molecule has 1 fully saturated rings. The van der Waals surface area contributed by atoms with Gasteiger partial charge < -0.3 is 9.64 Å². The number of carbonyl (C=O) groups is 1. The van der Waals surface area contributed by atoms with Gasteiger partial charge in [-0.1, -0.05) is 32.0 Å². The van der Waals surface area contributed by atoms with Crippen molar-refractivity contribution in [2.45, 2.75) is 20.3 Å². The number of ether oxygens (including phenoxy) is 1. The van der Waals surface area contributed by atoms with Gasteiger partial charge in [-0.2, -0.15) is 5.10 Å². The molecule has 0 N–H and O–H groups in total. The number of fused-ring (bicyclic) bond motifs is 1. The van der Waals surface area contributed by atoms with Crippen LogP contribution in [0.1, 0.15) is 25.8 Å². The van der Waals surface area contributed by atoms with E-state index in [4.69, 9.17) is 4.74 Å². The largest absolute Gasteiger partial charge is 0.378 e. The van der Waals surface area contributed by atoms with Gasteiger partial charge in [-0.05, 0) is 18.4 Å². The molecule has 0 aliphatic carbocycles. The van der Waals surface area contributed by atoms with Crippen molar-refractivity contribution >= 4 is 17.3 Å². The summed E-state index contributed by atoms with van der Waals surface area (Å²) in [5.41, 5.74) is 2.50.